The van der Waals surface area contributed by atoms with Crippen molar-refractivity contribution < 1.29 is 19.1 Å². The standard InChI is InChI=1S/C21H31N3O4Si/c1-21(2,3)28-20(26)24-11-9-23(10-12-24)18-16(8-13-29(5,6)7)14-17(15-22-18)19(25)27-4/h14-15H,9-12H2,1-7H3. The van der Waals surface area contributed by atoms with Crippen LogP contribution in [-0.4, -0.2) is 68.9 Å². The van der Waals surface area contributed by atoms with Crippen LogP contribution >= 0.6 is 0 Å². The quantitative estimate of drug-likeness (QED) is 0.418. The summed E-state index contributed by atoms with van der Waals surface area (Å²) in [4.78, 5) is 32.5. The molecule has 1 fully saturated rings. The molecule has 0 aliphatic carbocycles. The number of methoxy groups -OCH3 is 1. The zero-order valence-corrected chi connectivity index (χ0v) is 19.5. The van der Waals surface area contributed by atoms with Crippen molar-refractivity contribution in [2.24, 2.45) is 0 Å². The van der Waals surface area contributed by atoms with Gasteiger partial charge in [0.2, 0.25) is 0 Å². The van der Waals surface area contributed by atoms with Crippen LogP contribution < -0.4 is 4.90 Å². The lowest BCUT2D eigenvalue weighted by Gasteiger charge is -2.36. The lowest BCUT2D eigenvalue weighted by atomic mass is 10.1. The molecule has 0 aromatic carbocycles. The SMILES string of the molecule is COC(=O)c1cnc(N2CCN(C(=O)OC(C)(C)C)CC2)c(C#C[Si](C)(C)C)c1. The van der Waals surface area contributed by atoms with Gasteiger partial charge in [0.05, 0.1) is 18.2 Å². The van der Waals surface area contributed by atoms with Crippen LogP contribution in [-0.2, 0) is 9.47 Å². The highest BCUT2D eigenvalue weighted by molar-refractivity contribution is 6.83. The molecular formula is C21H31N3O4Si. The van der Waals surface area contributed by atoms with E-state index < -0.39 is 19.6 Å². The van der Waals surface area contributed by atoms with E-state index in [2.05, 4.69) is 41.0 Å². The lowest BCUT2D eigenvalue weighted by molar-refractivity contribution is 0.0240. The predicted molar refractivity (Wildman–Crippen MR) is 116 cm³/mol. The fourth-order valence-electron chi connectivity index (χ4n) is 2.71. The van der Waals surface area contributed by atoms with Gasteiger partial charge in [0.15, 0.2) is 0 Å². The number of pyridine rings is 1. The second-order valence-electron chi connectivity index (χ2n) is 9.04. The van der Waals surface area contributed by atoms with Crippen molar-refractivity contribution >= 4 is 26.0 Å². The normalized spacial score (nSPS) is 14.7. The van der Waals surface area contributed by atoms with Gasteiger partial charge < -0.3 is 19.3 Å². The topological polar surface area (TPSA) is 72.0 Å². The van der Waals surface area contributed by atoms with Gasteiger partial charge in [0.1, 0.15) is 19.5 Å². The van der Waals surface area contributed by atoms with Gasteiger partial charge in [-0.3, -0.25) is 0 Å². The molecule has 8 heteroatoms. The minimum Gasteiger partial charge on any atom is -0.465 e. The van der Waals surface area contributed by atoms with E-state index in [1.165, 1.54) is 13.3 Å². The van der Waals surface area contributed by atoms with Crippen LogP contribution in [0.25, 0.3) is 0 Å². The van der Waals surface area contributed by atoms with Crippen LogP contribution in [0, 0.1) is 11.5 Å². The van der Waals surface area contributed by atoms with E-state index in [0.717, 1.165) is 5.82 Å². The second-order valence-corrected chi connectivity index (χ2v) is 13.8. The molecule has 1 aliphatic heterocycles. The molecule has 0 bridgehead atoms. The summed E-state index contributed by atoms with van der Waals surface area (Å²) in [6, 6.07) is 1.74. The first-order valence-corrected chi connectivity index (χ1v) is 13.2. The minimum atomic E-state index is -1.61. The Kier molecular flexibility index (Phi) is 6.96. The maximum absolute atomic E-state index is 12.3. The van der Waals surface area contributed by atoms with Crippen molar-refractivity contribution in [1.82, 2.24) is 9.88 Å². The van der Waals surface area contributed by atoms with Crippen LogP contribution in [0.3, 0.4) is 0 Å². The van der Waals surface area contributed by atoms with Gasteiger partial charge in [0.25, 0.3) is 0 Å². The molecule has 0 radical (unpaired) electrons. The second kappa shape index (κ2) is 8.87. The van der Waals surface area contributed by atoms with Gasteiger partial charge in [-0.25, -0.2) is 14.6 Å². The van der Waals surface area contributed by atoms with Crippen molar-refractivity contribution in [3.05, 3.63) is 23.4 Å². The number of anilines is 1. The number of carbonyl (C=O) groups is 2. The molecule has 2 rings (SSSR count). The van der Waals surface area contributed by atoms with Crippen molar-refractivity contribution in [3.8, 4) is 11.5 Å². The van der Waals surface area contributed by atoms with Crippen LogP contribution in [0.4, 0.5) is 10.6 Å². The minimum absolute atomic E-state index is 0.301. The molecule has 0 spiro atoms. The highest BCUT2D eigenvalue weighted by Gasteiger charge is 2.27. The summed E-state index contributed by atoms with van der Waals surface area (Å²) in [5.41, 5.74) is 3.91. The van der Waals surface area contributed by atoms with Crippen LogP contribution in [0.1, 0.15) is 36.7 Å². The average molecular weight is 418 g/mol. The summed E-state index contributed by atoms with van der Waals surface area (Å²) in [5, 5.41) is 0. The number of rotatable bonds is 2. The van der Waals surface area contributed by atoms with E-state index in [1.807, 2.05) is 20.8 Å². The highest BCUT2D eigenvalue weighted by atomic mass is 28.3. The number of esters is 1. The maximum Gasteiger partial charge on any atom is 0.410 e. The van der Waals surface area contributed by atoms with E-state index in [1.54, 1.807) is 11.0 Å². The Hall–Kier alpha value is -2.53. The van der Waals surface area contributed by atoms with E-state index in [0.29, 0.717) is 37.3 Å². The summed E-state index contributed by atoms with van der Waals surface area (Å²) in [5.74, 6) is 3.52. The van der Waals surface area contributed by atoms with E-state index in [-0.39, 0.29) is 6.09 Å². The predicted octanol–water partition coefficient (Wildman–Crippen LogP) is 3.15. The molecule has 0 unspecified atom stereocenters. The summed E-state index contributed by atoms with van der Waals surface area (Å²) in [6.45, 7) is 14.4. The lowest BCUT2D eigenvalue weighted by Crippen LogP contribution is -2.50. The van der Waals surface area contributed by atoms with E-state index in [4.69, 9.17) is 9.47 Å². The molecule has 0 atom stereocenters. The summed E-state index contributed by atoms with van der Waals surface area (Å²) in [6.07, 6.45) is 1.21. The van der Waals surface area contributed by atoms with Crippen molar-refractivity contribution in [1.29, 1.82) is 0 Å². The average Bonchev–Trinajstić information content (AvgIpc) is 2.63. The van der Waals surface area contributed by atoms with Gasteiger partial charge in [-0.2, -0.15) is 0 Å². The van der Waals surface area contributed by atoms with Gasteiger partial charge in [-0.1, -0.05) is 25.6 Å². The number of ether oxygens (including phenoxy) is 2. The molecule has 0 saturated carbocycles. The van der Waals surface area contributed by atoms with Crippen molar-refractivity contribution in [2.75, 3.05) is 38.2 Å². The van der Waals surface area contributed by atoms with Crippen LogP contribution in [0.15, 0.2) is 12.3 Å². The Morgan fingerprint density at radius 3 is 2.28 bits per heavy atom. The zero-order chi connectivity index (χ0) is 21.8. The largest absolute Gasteiger partial charge is 0.465 e. The first-order valence-electron chi connectivity index (χ1n) is 9.74. The first-order chi connectivity index (χ1) is 13.4. The summed E-state index contributed by atoms with van der Waals surface area (Å²) >= 11 is 0. The monoisotopic (exact) mass is 417 g/mol. The Bertz CT molecular complexity index is 823. The van der Waals surface area contributed by atoms with Crippen molar-refractivity contribution in [3.63, 3.8) is 0 Å². The van der Waals surface area contributed by atoms with Gasteiger partial charge in [-0.15, -0.1) is 5.54 Å². The zero-order valence-electron chi connectivity index (χ0n) is 18.5. The maximum atomic E-state index is 12.3. The van der Waals surface area contributed by atoms with E-state index in [9.17, 15) is 9.59 Å². The smallest absolute Gasteiger partial charge is 0.410 e. The third-order valence-corrected chi connectivity index (χ3v) is 4.97. The summed E-state index contributed by atoms with van der Waals surface area (Å²) in [7, 11) is -0.260. The van der Waals surface area contributed by atoms with E-state index >= 15 is 0 Å². The number of nitrogens with zero attached hydrogens (tertiary/aromatic N) is 3. The molecule has 1 amide bonds. The molecule has 1 aliphatic rings. The fraction of sp³-hybridized carbons (Fsp3) is 0.571. The molecule has 0 N–H and O–H groups in total. The molecule has 1 saturated heterocycles. The first kappa shape index (κ1) is 22.8. The number of hydrogen-bond donors (Lipinski definition) is 0. The Morgan fingerprint density at radius 1 is 1.14 bits per heavy atom. The number of aromatic nitrogens is 1. The fourth-order valence-corrected chi connectivity index (χ4v) is 3.22. The highest BCUT2D eigenvalue weighted by Crippen LogP contribution is 2.21. The molecule has 1 aromatic heterocycles. The number of carbonyl (C=O) groups excluding carboxylic acids is 2. The Labute approximate surface area is 174 Å². The Morgan fingerprint density at radius 2 is 1.76 bits per heavy atom. The van der Waals surface area contributed by atoms with Crippen molar-refractivity contribution in [2.45, 2.75) is 46.0 Å². The molecular weight excluding hydrogens is 386 g/mol. The molecule has 1 aromatic rings. The van der Waals surface area contributed by atoms with Crippen LogP contribution in [0.5, 0.6) is 0 Å². The van der Waals surface area contributed by atoms with Gasteiger partial charge in [0, 0.05) is 32.4 Å². The third kappa shape index (κ3) is 6.78. The molecule has 2 heterocycles. The molecule has 158 valence electrons. The molecule has 29 heavy (non-hydrogen) atoms. The van der Waals surface area contributed by atoms with Crippen LogP contribution in [0.2, 0.25) is 19.6 Å². The van der Waals surface area contributed by atoms with Gasteiger partial charge >= 0.3 is 12.1 Å². The number of hydrogen-bond acceptors (Lipinski definition) is 6. The van der Waals surface area contributed by atoms with Gasteiger partial charge in [-0.05, 0) is 26.8 Å². The third-order valence-electron chi connectivity index (χ3n) is 4.09. The Balaban J connectivity index is 2.22. The summed E-state index contributed by atoms with van der Waals surface area (Å²) < 4.78 is 10.3. The number of amides is 1. The molecule has 7 nitrogen and oxygen atoms in total. The number of piperazine rings is 1.